The molecule has 0 bridgehead atoms. The van der Waals surface area contributed by atoms with Gasteiger partial charge >= 0.3 is 6.09 Å². The lowest BCUT2D eigenvalue weighted by Gasteiger charge is -2.32. The summed E-state index contributed by atoms with van der Waals surface area (Å²) in [7, 11) is 0. The number of benzene rings is 1. The van der Waals surface area contributed by atoms with E-state index in [1.54, 1.807) is 17.0 Å². The van der Waals surface area contributed by atoms with Gasteiger partial charge in [-0.25, -0.2) is 4.79 Å². The summed E-state index contributed by atoms with van der Waals surface area (Å²) >= 11 is 0. The molecular weight excluding hydrogens is 386 g/mol. The van der Waals surface area contributed by atoms with E-state index >= 15 is 0 Å². The number of alkyl carbamates (subject to hydrolysis) is 1. The maximum atomic E-state index is 12.9. The fourth-order valence-electron chi connectivity index (χ4n) is 3.71. The molecule has 3 rings (SSSR count). The third-order valence-corrected chi connectivity index (χ3v) is 5.20. The van der Waals surface area contributed by atoms with E-state index in [-0.39, 0.29) is 41.9 Å². The van der Waals surface area contributed by atoms with Crippen LogP contribution in [0.5, 0.6) is 0 Å². The Morgan fingerprint density at radius 2 is 1.87 bits per heavy atom. The summed E-state index contributed by atoms with van der Waals surface area (Å²) in [6.45, 7) is 8.84. The number of fused-ring (bicyclic) bond motifs is 1. The molecule has 1 N–H and O–H groups in total. The summed E-state index contributed by atoms with van der Waals surface area (Å²) < 4.78 is 4.92. The van der Waals surface area contributed by atoms with Gasteiger partial charge in [0, 0.05) is 31.2 Å². The van der Waals surface area contributed by atoms with Crippen molar-refractivity contribution >= 4 is 23.8 Å². The lowest BCUT2D eigenvalue weighted by molar-refractivity contribution is 0.0635. The molecule has 0 spiro atoms. The number of nitrogens with zero attached hydrogens (tertiary/aromatic N) is 2. The number of imide groups is 1. The molecule has 8 nitrogen and oxygen atoms in total. The highest BCUT2D eigenvalue weighted by atomic mass is 16.5. The number of likely N-dealkylation sites (tertiary alicyclic amines) is 1. The first-order chi connectivity index (χ1) is 14.3. The van der Waals surface area contributed by atoms with E-state index in [0.717, 1.165) is 0 Å². The van der Waals surface area contributed by atoms with E-state index in [9.17, 15) is 19.2 Å². The molecule has 2 aliphatic rings. The van der Waals surface area contributed by atoms with Gasteiger partial charge < -0.3 is 15.0 Å². The van der Waals surface area contributed by atoms with E-state index in [1.165, 1.54) is 17.0 Å². The molecule has 2 heterocycles. The van der Waals surface area contributed by atoms with Crippen molar-refractivity contribution in [2.75, 3.05) is 26.2 Å². The first-order valence-electron chi connectivity index (χ1n) is 10.2. The summed E-state index contributed by atoms with van der Waals surface area (Å²) in [6.07, 6.45) is 2.23. The van der Waals surface area contributed by atoms with Crippen molar-refractivity contribution in [1.82, 2.24) is 15.1 Å². The molecule has 0 unspecified atom stereocenters. The Bertz CT molecular complexity index is 872. The number of hydrogen-bond acceptors (Lipinski definition) is 5. The highest BCUT2D eigenvalue weighted by Crippen LogP contribution is 2.26. The van der Waals surface area contributed by atoms with E-state index in [0.29, 0.717) is 43.6 Å². The molecule has 160 valence electrons. The van der Waals surface area contributed by atoms with Crippen molar-refractivity contribution in [2.24, 2.45) is 5.92 Å². The molecule has 30 heavy (non-hydrogen) atoms. The molecule has 1 saturated heterocycles. The average Bonchev–Trinajstić information content (AvgIpc) is 2.96. The Kier molecular flexibility index (Phi) is 6.54. The second kappa shape index (κ2) is 9.11. The van der Waals surface area contributed by atoms with Gasteiger partial charge in [0.1, 0.15) is 6.61 Å². The third kappa shape index (κ3) is 4.53. The van der Waals surface area contributed by atoms with Crippen LogP contribution < -0.4 is 5.32 Å². The molecule has 4 amide bonds. The molecule has 0 aromatic heterocycles. The van der Waals surface area contributed by atoms with Crippen LogP contribution in [0.1, 0.15) is 57.8 Å². The number of carbonyl (C=O) groups is 4. The minimum atomic E-state index is -0.493. The van der Waals surface area contributed by atoms with Gasteiger partial charge in [0.2, 0.25) is 0 Å². The minimum absolute atomic E-state index is 0.0600. The standard InChI is InChI=1S/C22H27N3O5/c1-4-11-30-22(29)23-16-7-9-24(10-8-16)19(26)15-5-6-17-18(12-15)21(28)25(20(17)27)13-14(2)3/h4-6,12,14,16H,1,7-11,13H2,2-3H3,(H,23,29). The zero-order chi connectivity index (χ0) is 21.8. The molecule has 1 aromatic carbocycles. The van der Waals surface area contributed by atoms with Crippen LogP contribution in [0.15, 0.2) is 30.9 Å². The molecule has 0 aliphatic carbocycles. The smallest absolute Gasteiger partial charge is 0.407 e. The van der Waals surface area contributed by atoms with Crippen molar-refractivity contribution in [3.63, 3.8) is 0 Å². The Hall–Kier alpha value is -3.16. The summed E-state index contributed by atoms with van der Waals surface area (Å²) in [5, 5.41) is 2.78. The number of ether oxygens (including phenoxy) is 1. The average molecular weight is 413 g/mol. The summed E-state index contributed by atoms with van der Waals surface area (Å²) in [4.78, 5) is 52.6. The van der Waals surface area contributed by atoms with Gasteiger partial charge in [-0.05, 0) is 37.0 Å². The van der Waals surface area contributed by atoms with Crippen LogP contribution in [0.25, 0.3) is 0 Å². The molecule has 2 aliphatic heterocycles. The van der Waals surface area contributed by atoms with Crippen molar-refractivity contribution in [2.45, 2.75) is 32.7 Å². The molecule has 8 heteroatoms. The van der Waals surface area contributed by atoms with E-state index < -0.39 is 6.09 Å². The third-order valence-electron chi connectivity index (χ3n) is 5.20. The molecule has 0 saturated carbocycles. The number of amides is 4. The molecule has 1 fully saturated rings. The van der Waals surface area contributed by atoms with Gasteiger partial charge in [-0.1, -0.05) is 26.5 Å². The Balaban J connectivity index is 1.62. The maximum Gasteiger partial charge on any atom is 0.407 e. The predicted molar refractivity (Wildman–Crippen MR) is 110 cm³/mol. The van der Waals surface area contributed by atoms with Crippen LogP contribution in [0.4, 0.5) is 4.79 Å². The number of nitrogens with one attached hydrogen (secondary N) is 1. The second-order valence-corrected chi connectivity index (χ2v) is 7.97. The topological polar surface area (TPSA) is 96.0 Å². The summed E-state index contributed by atoms with van der Waals surface area (Å²) in [5.41, 5.74) is 1.02. The molecule has 0 radical (unpaired) electrons. The Morgan fingerprint density at radius 3 is 2.50 bits per heavy atom. The summed E-state index contributed by atoms with van der Waals surface area (Å²) in [6, 6.07) is 4.62. The summed E-state index contributed by atoms with van der Waals surface area (Å²) in [5.74, 6) is -0.678. The lowest BCUT2D eigenvalue weighted by atomic mass is 10.0. The van der Waals surface area contributed by atoms with Crippen molar-refractivity contribution in [3.8, 4) is 0 Å². The zero-order valence-electron chi connectivity index (χ0n) is 17.3. The van der Waals surface area contributed by atoms with Gasteiger partial charge in [-0.2, -0.15) is 0 Å². The minimum Gasteiger partial charge on any atom is -0.445 e. The fraction of sp³-hybridized carbons (Fsp3) is 0.455. The van der Waals surface area contributed by atoms with Gasteiger partial charge in [0.15, 0.2) is 0 Å². The van der Waals surface area contributed by atoms with Crippen LogP contribution in [0.2, 0.25) is 0 Å². The molecule has 0 atom stereocenters. The van der Waals surface area contributed by atoms with Crippen LogP contribution >= 0.6 is 0 Å². The largest absolute Gasteiger partial charge is 0.445 e. The van der Waals surface area contributed by atoms with Crippen LogP contribution in [0, 0.1) is 5.92 Å². The van der Waals surface area contributed by atoms with Crippen LogP contribution in [-0.4, -0.2) is 65.9 Å². The highest BCUT2D eigenvalue weighted by molar-refractivity contribution is 6.22. The molecular formula is C22H27N3O5. The number of piperidine rings is 1. The number of hydrogen-bond donors (Lipinski definition) is 1. The Morgan fingerprint density at radius 1 is 1.20 bits per heavy atom. The van der Waals surface area contributed by atoms with Crippen molar-refractivity contribution in [1.29, 1.82) is 0 Å². The van der Waals surface area contributed by atoms with E-state index in [4.69, 9.17) is 4.74 Å². The quantitative estimate of drug-likeness (QED) is 0.571. The second-order valence-electron chi connectivity index (χ2n) is 7.97. The lowest BCUT2D eigenvalue weighted by Crippen LogP contribution is -2.46. The zero-order valence-corrected chi connectivity index (χ0v) is 17.3. The number of carbonyl (C=O) groups excluding carboxylic acids is 4. The SMILES string of the molecule is C=CCOC(=O)NC1CCN(C(=O)c2ccc3c(c2)C(=O)N(CC(C)C)C3=O)CC1. The van der Waals surface area contributed by atoms with Crippen LogP contribution in [-0.2, 0) is 4.74 Å². The van der Waals surface area contributed by atoms with Gasteiger partial charge in [-0.3, -0.25) is 19.3 Å². The predicted octanol–water partition coefficient (Wildman–Crippen LogP) is 2.46. The monoisotopic (exact) mass is 413 g/mol. The Labute approximate surface area is 175 Å². The van der Waals surface area contributed by atoms with Gasteiger partial charge in [0.25, 0.3) is 17.7 Å². The number of rotatable bonds is 6. The van der Waals surface area contributed by atoms with Gasteiger partial charge in [0.05, 0.1) is 11.1 Å². The fourth-order valence-corrected chi connectivity index (χ4v) is 3.71. The molecule has 1 aromatic rings. The van der Waals surface area contributed by atoms with Crippen LogP contribution in [0.3, 0.4) is 0 Å². The van der Waals surface area contributed by atoms with Crippen molar-refractivity contribution in [3.05, 3.63) is 47.5 Å². The first kappa shape index (κ1) is 21.5. The maximum absolute atomic E-state index is 12.9. The van der Waals surface area contributed by atoms with E-state index in [2.05, 4.69) is 11.9 Å². The van der Waals surface area contributed by atoms with Crippen molar-refractivity contribution < 1.29 is 23.9 Å². The first-order valence-corrected chi connectivity index (χ1v) is 10.2. The highest BCUT2D eigenvalue weighted by Gasteiger charge is 2.36. The normalized spacial score (nSPS) is 16.6. The van der Waals surface area contributed by atoms with Gasteiger partial charge in [-0.15, -0.1) is 0 Å². The van der Waals surface area contributed by atoms with E-state index in [1.807, 2.05) is 13.8 Å².